The minimum absolute atomic E-state index is 0.309. The monoisotopic (exact) mass is 406 g/mol. The second kappa shape index (κ2) is 6.37. The van der Waals surface area contributed by atoms with Crippen molar-refractivity contribution >= 4 is 50.9 Å². The van der Waals surface area contributed by atoms with Gasteiger partial charge in [-0.05, 0) is 37.3 Å². The van der Waals surface area contributed by atoms with Gasteiger partial charge < -0.3 is 5.32 Å². The maximum absolute atomic E-state index is 12.5. The number of carbonyl (C=O) groups excluding carboxylic acids is 3. The van der Waals surface area contributed by atoms with E-state index in [9.17, 15) is 14.4 Å². The first-order chi connectivity index (χ1) is 11.4. The molecular formula is C17H12BrClN2O3. The molecule has 24 heavy (non-hydrogen) atoms. The minimum Gasteiger partial charge on any atom is -0.323 e. The maximum Gasteiger partial charge on any atom is 0.262 e. The zero-order chi connectivity index (χ0) is 17.4. The summed E-state index contributed by atoms with van der Waals surface area (Å²) in [5.41, 5.74) is 1.03. The fraction of sp³-hybridized carbons (Fsp3) is 0.118. The fourth-order valence-electron chi connectivity index (χ4n) is 2.50. The first kappa shape index (κ1) is 16.7. The highest BCUT2D eigenvalue weighted by molar-refractivity contribution is 9.10. The number of nitrogens with one attached hydrogen (secondary N) is 1. The van der Waals surface area contributed by atoms with Crippen LogP contribution in [0.1, 0.15) is 27.6 Å². The molecule has 1 atom stereocenters. The number of rotatable bonds is 3. The molecule has 1 aliphatic heterocycles. The van der Waals surface area contributed by atoms with E-state index in [-0.39, 0.29) is 0 Å². The normalized spacial score (nSPS) is 14.5. The lowest BCUT2D eigenvalue weighted by molar-refractivity contribution is -0.119. The molecule has 5 nitrogen and oxygen atoms in total. The van der Waals surface area contributed by atoms with E-state index < -0.39 is 23.8 Å². The van der Waals surface area contributed by atoms with E-state index in [1.54, 1.807) is 42.5 Å². The van der Waals surface area contributed by atoms with Gasteiger partial charge in [0.05, 0.1) is 21.8 Å². The molecule has 0 saturated carbocycles. The van der Waals surface area contributed by atoms with Crippen LogP contribution in [-0.4, -0.2) is 28.7 Å². The third-order valence-electron chi connectivity index (χ3n) is 3.78. The number of halogens is 2. The van der Waals surface area contributed by atoms with Gasteiger partial charge in [0.15, 0.2) is 0 Å². The van der Waals surface area contributed by atoms with Crippen LogP contribution in [0.2, 0.25) is 5.02 Å². The Bertz CT molecular complexity index is 834. The van der Waals surface area contributed by atoms with Crippen molar-refractivity contribution in [2.75, 3.05) is 5.32 Å². The molecule has 2 aromatic carbocycles. The van der Waals surface area contributed by atoms with Gasteiger partial charge in [0.2, 0.25) is 5.91 Å². The van der Waals surface area contributed by atoms with Crippen molar-refractivity contribution in [1.29, 1.82) is 0 Å². The number of amides is 3. The molecule has 0 aromatic heterocycles. The summed E-state index contributed by atoms with van der Waals surface area (Å²) in [6.45, 7) is 1.50. The molecule has 7 heteroatoms. The predicted molar refractivity (Wildman–Crippen MR) is 94.2 cm³/mol. The number of hydrogen-bond donors (Lipinski definition) is 1. The van der Waals surface area contributed by atoms with Crippen molar-refractivity contribution in [2.45, 2.75) is 13.0 Å². The second-order valence-corrected chi connectivity index (χ2v) is 6.64. The van der Waals surface area contributed by atoms with Crippen LogP contribution in [0.3, 0.4) is 0 Å². The number of nitrogens with zero attached hydrogens (tertiary/aromatic N) is 1. The summed E-state index contributed by atoms with van der Waals surface area (Å²) in [6, 6.07) is 10.6. The summed E-state index contributed by atoms with van der Waals surface area (Å²) in [4.78, 5) is 38.2. The predicted octanol–water partition coefficient (Wildman–Crippen LogP) is 3.73. The highest BCUT2D eigenvalue weighted by Gasteiger charge is 2.40. The zero-order valence-electron chi connectivity index (χ0n) is 12.5. The Morgan fingerprint density at radius 1 is 1.12 bits per heavy atom. The molecule has 0 saturated heterocycles. The van der Waals surface area contributed by atoms with Gasteiger partial charge in [-0.15, -0.1) is 0 Å². The van der Waals surface area contributed by atoms with E-state index >= 15 is 0 Å². The second-order valence-electron chi connectivity index (χ2n) is 5.32. The van der Waals surface area contributed by atoms with Crippen molar-refractivity contribution in [3.05, 3.63) is 63.1 Å². The lowest BCUT2D eigenvalue weighted by Gasteiger charge is -2.22. The Morgan fingerprint density at radius 2 is 1.71 bits per heavy atom. The molecule has 122 valence electrons. The third-order valence-corrected chi connectivity index (χ3v) is 4.59. The quantitative estimate of drug-likeness (QED) is 0.789. The van der Waals surface area contributed by atoms with Crippen LogP contribution in [0, 0.1) is 0 Å². The summed E-state index contributed by atoms with van der Waals surface area (Å²) < 4.78 is 0.777. The van der Waals surface area contributed by atoms with Gasteiger partial charge in [-0.25, -0.2) is 0 Å². The van der Waals surface area contributed by atoms with Gasteiger partial charge in [-0.1, -0.05) is 39.7 Å². The van der Waals surface area contributed by atoms with Crippen molar-refractivity contribution < 1.29 is 14.4 Å². The Morgan fingerprint density at radius 3 is 2.25 bits per heavy atom. The van der Waals surface area contributed by atoms with Crippen LogP contribution in [0.15, 0.2) is 46.9 Å². The van der Waals surface area contributed by atoms with E-state index in [1.807, 2.05) is 0 Å². The van der Waals surface area contributed by atoms with Crippen molar-refractivity contribution in [3.8, 4) is 0 Å². The van der Waals surface area contributed by atoms with Gasteiger partial charge in [-0.3, -0.25) is 19.3 Å². The third kappa shape index (κ3) is 2.83. The number of hydrogen-bond acceptors (Lipinski definition) is 3. The smallest absolute Gasteiger partial charge is 0.262 e. The van der Waals surface area contributed by atoms with Gasteiger partial charge >= 0.3 is 0 Å². The molecule has 1 N–H and O–H groups in total. The molecule has 1 heterocycles. The summed E-state index contributed by atoms with van der Waals surface area (Å²) in [6.07, 6.45) is 0. The highest BCUT2D eigenvalue weighted by Crippen LogP contribution is 2.28. The molecule has 1 aliphatic rings. The van der Waals surface area contributed by atoms with Crippen molar-refractivity contribution in [1.82, 2.24) is 4.90 Å². The highest BCUT2D eigenvalue weighted by atomic mass is 79.9. The first-order valence-electron chi connectivity index (χ1n) is 7.13. The van der Waals surface area contributed by atoms with Crippen molar-refractivity contribution in [3.63, 3.8) is 0 Å². The van der Waals surface area contributed by atoms with E-state index in [1.165, 1.54) is 6.92 Å². The van der Waals surface area contributed by atoms with Gasteiger partial charge in [-0.2, -0.15) is 0 Å². The summed E-state index contributed by atoms with van der Waals surface area (Å²) in [7, 11) is 0. The van der Waals surface area contributed by atoms with E-state index in [0.29, 0.717) is 21.8 Å². The Hall–Kier alpha value is -2.18. The van der Waals surface area contributed by atoms with Crippen LogP contribution in [0.25, 0.3) is 0 Å². The average molecular weight is 408 g/mol. The molecule has 0 radical (unpaired) electrons. The summed E-state index contributed by atoms with van der Waals surface area (Å²) in [5, 5.41) is 3.00. The van der Waals surface area contributed by atoms with Gasteiger partial charge in [0.25, 0.3) is 11.8 Å². The molecule has 0 fully saturated rings. The van der Waals surface area contributed by atoms with E-state index in [2.05, 4.69) is 21.2 Å². The molecular weight excluding hydrogens is 396 g/mol. The van der Waals surface area contributed by atoms with Gasteiger partial charge in [0.1, 0.15) is 6.04 Å². The largest absolute Gasteiger partial charge is 0.323 e. The molecule has 0 bridgehead atoms. The Balaban J connectivity index is 1.82. The number of carbonyl (C=O) groups is 3. The lowest BCUT2D eigenvalue weighted by Crippen LogP contribution is -2.45. The number of anilines is 1. The van der Waals surface area contributed by atoms with E-state index in [4.69, 9.17) is 11.6 Å². The lowest BCUT2D eigenvalue weighted by atomic mass is 10.1. The van der Waals surface area contributed by atoms with Crippen LogP contribution >= 0.6 is 27.5 Å². The minimum atomic E-state index is -0.961. The van der Waals surface area contributed by atoms with Crippen molar-refractivity contribution in [2.24, 2.45) is 0 Å². The standard InChI is InChI=1S/C17H12BrClN2O3/c1-9(15(22)20-14-7-6-10(18)8-13(14)19)21-16(23)11-4-2-3-5-12(11)17(21)24/h2-9H,1H3,(H,20,22). The number of benzene rings is 2. The van der Waals surface area contributed by atoms with Crippen LogP contribution in [0.4, 0.5) is 5.69 Å². The molecule has 0 spiro atoms. The SMILES string of the molecule is CC(C(=O)Nc1ccc(Br)cc1Cl)N1C(=O)c2ccccc2C1=O. The molecule has 0 aliphatic carbocycles. The average Bonchev–Trinajstić information content (AvgIpc) is 2.81. The van der Waals surface area contributed by atoms with Gasteiger partial charge in [0, 0.05) is 4.47 Å². The molecule has 3 rings (SSSR count). The fourth-order valence-corrected chi connectivity index (χ4v) is 3.23. The summed E-state index contributed by atoms with van der Waals surface area (Å²) in [5.74, 6) is -1.44. The van der Waals surface area contributed by atoms with Crippen LogP contribution in [-0.2, 0) is 4.79 Å². The van der Waals surface area contributed by atoms with Crippen LogP contribution < -0.4 is 5.32 Å². The Labute approximate surface area is 151 Å². The molecule has 1 unspecified atom stereocenters. The van der Waals surface area contributed by atoms with Crippen LogP contribution in [0.5, 0.6) is 0 Å². The van der Waals surface area contributed by atoms with E-state index in [0.717, 1.165) is 9.37 Å². The number of imide groups is 1. The maximum atomic E-state index is 12.5. The summed E-state index contributed by atoms with van der Waals surface area (Å²) >= 11 is 9.36. The number of fused-ring (bicyclic) bond motifs is 1. The molecule has 2 aromatic rings. The first-order valence-corrected chi connectivity index (χ1v) is 8.30. The zero-order valence-corrected chi connectivity index (χ0v) is 14.9. The topological polar surface area (TPSA) is 66.5 Å². The molecule has 3 amide bonds. The Kier molecular flexibility index (Phi) is 4.43.